The topological polar surface area (TPSA) is 330 Å². The highest BCUT2D eigenvalue weighted by Gasteiger charge is 2.33. The van der Waals surface area contributed by atoms with E-state index in [1.807, 2.05) is 79.7 Å². The van der Waals surface area contributed by atoms with Crippen molar-refractivity contribution in [2.75, 3.05) is 67.0 Å². The molecule has 4 aromatic carbocycles. The Hall–Kier alpha value is -12.1. The number of aromatic nitrogens is 20. The molecule has 17 rings (SSSR count). The van der Waals surface area contributed by atoms with Crippen LogP contribution in [-0.2, 0) is 12.8 Å². The predicted octanol–water partition coefficient (Wildman–Crippen LogP) is 14.0. The van der Waals surface area contributed by atoms with Crippen molar-refractivity contribution < 1.29 is 17.6 Å². The first-order valence-electron chi connectivity index (χ1n) is 35.5. The lowest BCUT2D eigenvalue weighted by atomic mass is 10.0. The Kier molecular flexibility index (Phi) is 21.9. The second-order valence-corrected chi connectivity index (χ2v) is 26.1. The van der Waals surface area contributed by atoms with Crippen LogP contribution in [0.1, 0.15) is 160 Å². The minimum absolute atomic E-state index is 0.141. The average molecular weight is 1430 g/mol. The summed E-state index contributed by atoms with van der Waals surface area (Å²) in [4.78, 5) is 60.9. The van der Waals surface area contributed by atoms with Gasteiger partial charge in [0.2, 0.25) is 47.6 Å². The minimum Gasteiger partial charge on any atom is -0.334 e. The molecule has 0 bridgehead atoms. The fourth-order valence-corrected chi connectivity index (χ4v) is 13.5. The Balaban J connectivity index is 0.000000118. The van der Waals surface area contributed by atoms with Crippen molar-refractivity contribution in [1.29, 1.82) is 0 Å². The SMILES string of the molecule is CCCc1cc(Nc2ncnc(N3CCCC3c3ccc(F)cc3)n2)n[nH]1.CCc1cc(Nc2ncnc(N3CCCC3c3ccc(F)cc3)n2)n[nH]1.Cc1cc(Nc2ncnc(N3CCCC3c3ccc(F)cc3)n2)n[nH]1.Fc1ccc(C2CCCN2c2ncnc(Nc3cc(C4CC4)[nH]n3)n2)cc1. The zero-order valence-corrected chi connectivity index (χ0v) is 58.2. The van der Waals surface area contributed by atoms with E-state index in [-0.39, 0.29) is 47.4 Å². The number of hydrogen-bond donors (Lipinski definition) is 8. The van der Waals surface area contributed by atoms with Gasteiger partial charge in [0.1, 0.15) is 48.6 Å². The van der Waals surface area contributed by atoms with E-state index >= 15 is 0 Å². The lowest BCUT2D eigenvalue weighted by Crippen LogP contribution is -2.25. The number of aromatic amines is 4. The van der Waals surface area contributed by atoms with E-state index < -0.39 is 0 Å². The van der Waals surface area contributed by atoms with Crippen molar-refractivity contribution in [2.45, 2.75) is 134 Å². The quantitative estimate of drug-likeness (QED) is 0.0329. The maximum absolute atomic E-state index is 13.2. The van der Waals surface area contributed by atoms with Gasteiger partial charge in [-0.25, -0.2) is 57.4 Å². The predicted molar refractivity (Wildman–Crippen MR) is 390 cm³/mol. The first kappa shape index (κ1) is 69.9. The molecule has 28 nitrogen and oxygen atoms in total. The summed E-state index contributed by atoms with van der Waals surface area (Å²) in [5, 5.41) is 41.2. The van der Waals surface area contributed by atoms with Crippen LogP contribution in [-0.4, -0.2) is 127 Å². The van der Waals surface area contributed by atoms with Gasteiger partial charge in [-0.1, -0.05) is 68.8 Å². The summed E-state index contributed by atoms with van der Waals surface area (Å²) in [5.74, 6) is 6.73. The summed E-state index contributed by atoms with van der Waals surface area (Å²) >= 11 is 0. The summed E-state index contributed by atoms with van der Waals surface area (Å²) in [6.45, 7) is 9.53. The van der Waals surface area contributed by atoms with E-state index in [0.717, 1.165) is 142 Å². The molecule has 105 heavy (non-hydrogen) atoms. The number of nitrogens with zero attached hydrogens (tertiary/aromatic N) is 20. The third-order valence-corrected chi connectivity index (χ3v) is 18.7. The highest BCUT2D eigenvalue weighted by molar-refractivity contribution is 5.55. The lowest BCUT2D eigenvalue weighted by Gasteiger charge is -2.25. The van der Waals surface area contributed by atoms with Crippen LogP contribution in [0.2, 0.25) is 0 Å². The van der Waals surface area contributed by atoms with Gasteiger partial charge in [-0.3, -0.25) is 20.4 Å². The van der Waals surface area contributed by atoms with Gasteiger partial charge in [0.15, 0.2) is 23.3 Å². The van der Waals surface area contributed by atoms with Crippen LogP contribution < -0.4 is 40.9 Å². The second kappa shape index (κ2) is 32.9. The van der Waals surface area contributed by atoms with Crippen LogP contribution in [0.25, 0.3) is 0 Å². The van der Waals surface area contributed by atoms with Gasteiger partial charge in [-0.15, -0.1) is 0 Å². The molecule has 8 N–H and O–H groups in total. The number of H-pyrrole nitrogens is 4. The number of rotatable bonds is 20. The van der Waals surface area contributed by atoms with Crippen molar-refractivity contribution in [1.82, 2.24) is 101 Å². The molecule has 4 aliphatic heterocycles. The van der Waals surface area contributed by atoms with Gasteiger partial charge in [0.05, 0.1) is 24.2 Å². The zero-order chi connectivity index (χ0) is 72.0. The van der Waals surface area contributed by atoms with Gasteiger partial charge in [0.25, 0.3) is 0 Å². The van der Waals surface area contributed by atoms with Gasteiger partial charge in [-0.2, -0.15) is 40.3 Å². The van der Waals surface area contributed by atoms with Crippen molar-refractivity contribution in [2.24, 2.45) is 0 Å². The summed E-state index contributed by atoms with van der Waals surface area (Å²) in [7, 11) is 0. The third-order valence-electron chi connectivity index (χ3n) is 18.7. The number of benzene rings is 4. The van der Waals surface area contributed by atoms with Crippen molar-refractivity contribution in [3.63, 3.8) is 0 Å². The van der Waals surface area contributed by atoms with E-state index in [1.54, 1.807) is 0 Å². The Bertz CT molecular complexity index is 4760. The number of nitrogens with one attached hydrogen (secondary N) is 8. The lowest BCUT2D eigenvalue weighted by molar-refractivity contribution is 0.623. The maximum Gasteiger partial charge on any atom is 0.233 e. The number of hydrogen-bond acceptors (Lipinski definition) is 24. The van der Waals surface area contributed by atoms with Gasteiger partial charge in [-0.05, 0) is 155 Å². The van der Waals surface area contributed by atoms with E-state index in [2.05, 4.69) is 155 Å². The van der Waals surface area contributed by atoms with Gasteiger partial charge in [0, 0.05) is 79.1 Å². The van der Waals surface area contributed by atoms with Crippen LogP contribution in [0.5, 0.6) is 0 Å². The first-order valence-corrected chi connectivity index (χ1v) is 35.5. The fourth-order valence-electron chi connectivity index (χ4n) is 13.5. The zero-order valence-electron chi connectivity index (χ0n) is 58.2. The summed E-state index contributed by atoms with van der Waals surface area (Å²) in [5.41, 5.74) is 8.50. The molecule has 12 aromatic rings. The smallest absolute Gasteiger partial charge is 0.233 e. The molecule has 540 valence electrons. The molecule has 0 radical (unpaired) electrons. The van der Waals surface area contributed by atoms with Crippen LogP contribution in [0.3, 0.4) is 0 Å². The Morgan fingerprint density at radius 3 is 1.00 bits per heavy atom. The standard InChI is InChI=1S/C19H20FN7.C19H22FN7.C18H20FN7.C17H18FN7/c20-14-7-5-13(6-8-14)16-2-1-9-27(16)19-22-11-21-18(24-19)23-17-10-15(25-26-17)12-3-4-12;1-2-4-15-11-17(26-25-15)23-18-21-12-22-19(24-18)27-10-3-5-16(27)13-6-8-14(20)9-7-13;1-2-14-10-16(25-24-14)22-17-20-11-21-18(23-17)26-9-3-4-15(26)12-5-7-13(19)8-6-12;1-11-9-15(24-23-11)21-16-19-10-20-17(22-16)25-8-2-3-14(25)12-4-6-13(18)7-5-12/h5-8,10-12,16H,1-4,9H2,(H2,21,22,23,24,25,26);6-9,11-12,16H,2-5,10H2,1H3,(H2,21,22,23,24,25,26);5-8,10-11,15H,2-4,9H2,1H3,(H2,20,21,22,23,24,25);4-7,9-10,14H,2-3,8H2,1H3,(H2,19,20,21,22,23,24). The molecule has 5 aliphatic rings. The molecule has 4 unspecified atom stereocenters. The minimum atomic E-state index is -0.228. The molecule has 32 heteroatoms. The van der Waals surface area contributed by atoms with E-state index in [9.17, 15) is 17.6 Å². The molecule has 4 saturated heterocycles. The van der Waals surface area contributed by atoms with Crippen molar-refractivity contribution >= 4 is 70.9 Å². The van der Waals surface area contributed by atoms with E-state index in [4.69, 9.17) is 0 Å². The molecule has 0 amide bonds. The van der Waals surface area contributed by atoms with Gasteiger partial charge >= 0.3 is 0 Å². The van der Waals surface area contributed by atoms with Crippen molar-refractivity contribution in [3.8, 4) is 0 Å². The van der Waals surface area contributed by atoms with Crippen LogP contribution >= 0.6 is 0 Å². The highest BCUT2D eigenvalue weighted by atomic mass is 19.1. The average Bonchev–Trinajstić information content (AvgIpc) is 1.75. The van der Waals surface area contributed by atoms with Gasteiger partial charge < -0.3 is 40.9 Å². The monoisotopic (exact) mass is 1420 g/mol. The normalized spacial score (nSPS) is 17.5. The molecular formula is C73H80F4N28. The molecule has 5 fully saturated rings. The second-order valence-electron chi connectivity index (χ2n) is 26.1. The third kappa shape index (κ3) is 17.9. The van der Waals surface area contributed by atoms with E-state index in [1.165, 1.54) is 86.7 Å². The number of aryl methyl sites for hydroxylation is 3. The largest absolute Gasteiger partial charge is 0.334 e. The van der Waals surface area contributed by atoms with Crippen LogP contribution in [0.4, 0.5) is 88.4 Å². The molecule has 1 aliphatic carbocycles. The molecule has 0 spiro atoms. The van der Waals surface area contributed by atoms with Crippen LogP contribution in [0.15, 0.2) is 147 Å². The highest BCUT2D eigenvalue weighted by Crippen LogP contribution is 2.41. The Morgan fingerprint density at radius 2 is 0.686 bits per heavy atom. The Morgan fingerprint density at radius 1 is 0.371 bits per heavy atom. The molecule has 4 atom stereocenters. The first-order chi connectivity index (χ1) is 51.4. The molecule has 1 saturated carbocycles. The van der Waals surface area contributed by atoms with E-state index in [0.29, 0.717) is 76.8 Å². The molecular weight excluding hydrogens is 1340 g/mol. The summed E-state index contributed by atoms with van der Waals surface area (Å²) in [6.07, 6.45) is 19.4. The fraction of sp³-hybridized carbons (Fsp3) is 0.342. The number of anilines is 12. The van der Waals surface area contributed by atoms with Crippen LogP contribution in [0, 0.1) is 30.2 Å². The molecule has 12 heterocycles. The Labute approximate surface area is 602 Å². The molecule has 8 aromatic heterocycles. The number of halogens is 4. The summed E-state index contributed by atoms with van der Waals surface area (Å²) in [6, 6.07) is 35.0. The summed E-state index contributed by atoms with van der Waals surface area (Å²) < 4.78 is 52.9. The van der Waals surface area contributed by atoms with Crippen molar-refractivity contribution in [3.05, 3.63) is 215 Å². The maximum atomic E-state index is 13.2.